The van der Waals surface area contributed by atoms with Crippen molar-refractivity contribution >= 4 is 5.96 Å². The van der Waals surface area contributed by atoms with E-state index in [-0.39, 0.29) is 0 Å². The Morgan fingerprint density at radius 3 is 2.19 bits per heavy atom. The van der Waals surface area contributed by atoms with Crippen molar-refractivity contribution < 1.29 is 0 Å². The molecule has 0 aliphatic heterocycles. The minimum atomic E-state index is 0.296. The molecule has 0 rings (SSSR count). The van der Waals surface area contributed by atoms with Gasteiger partial charge in [0.25, 0.3) is 0 Å². The molecular weight excluding hydrogens is 200 g/mol. The van der Waals surface area contributed by atoms with Crippen LogP contribution in [0.15, 0.2) is 4.99 Å². The monoisotopic (exact) mass is 228 g/mol. The second-order valence-corrected chi connectivity index (χ2v) is 5.88. The zero-order chi connectivity index (χ0) is 12.8. The van der Waals surface area contributed by atoms with Crippen molar-refractivity contribution in [3.05, 3.63) is 0 Å². The van der Waals surface area contributed by atoms with Gasteiger partial charge in [-0.1, -0.05) is 41.5 Å². The standard InChI is InChI=1S/C12H28N4/c1-9(2)7-14-11(16-13)15-8-10(3)12(4,5)6/h9-10H,7-8,13H2,1-6H3,(H2,14,15,16). The van der Waals surface area contributed by atoms with E-state index < -0.39 is 0 Å². The number of hydrogen-bond donors (Lipinski definition) is 3. The van der Waals surface area contributed by atoms with E-state index in [0.717, 1.165) is 13.1 Å². The quantitative estimate of drug-likeness (QED) is 0.297. The van der Waals surface area contributed by atoms with Gasteiger partial charge in [-0.2, -0.15) is 0 Å². The van der Waals surface area contributed by atoms with Crippen LogP contribution < -0.4 is 16.6 Å². The topological polar surface area (TPSA) is 62.4 Å². The van der Waals surface area contributed by atoms with Crippen molar-refractivity contribution in [2.45, 2.75) is 41.5 Å². The highest BCUT2D eigenvalue weighted by Gasteiger charge is 2.19. The molecule has 0 amide bonds. The molecule has 4 nitrogen and oxygen atoms in total. The van der Waals surface area contributed by atoms with Crippen molar-refractivity contribution in [3.8, 4) is 0 Å². The molecule has 0 fully saturated rings. The van der Waals surface area contributed by atoms with Gasteiger partial charge in [-0.15, -0.1) is 0 Å². The summed E-state index contributed by atoms with van der Waals surface area (Å²) in [6.45, 7) is 14.9. The fourth-order valence-electron chi connectivity index (χ4n) is 0.982. The van der Waals surface area contributed by atoms with E-state index in [1.807, 2.05) is 0 Å². The first kappa shape index (κ1) is 15.2. The molecule has 0 aliphatic carbocycles. The van der Waals surface area contributed by atoms with Gasteiger partial charge in [0, 0.05) is 13.1 Å². The third-order valence-electron chi connectivity index (χ3n) is 2.81. The highest BCUT2D eigenvalue weighted by atomic mass is 15.3. The van der Waals surface area contributed by atoms with Gasteiger partial charge in [-0.25, -0.2) is 5.84 Å². The molecule has 16 heavy (non-hydrogen) atoms. The van der Waals surface area contributed by atoms with Crippen LogP contribution in [0.1, 0.15) is 41.5 Å². The molecule has 0 bridgehead atoms. The average Bonchev–Trinajstić information content (AvgIpc) is 2.15. The third kappa shape index (κ3) is 6.67. The molecule has 0 aromatic heterocycles. The van der Waals surface area contributed by atoms with Gasteiger partial charge in [0.1, 0.15) is 0 Å². The van der Waals surface area contributed by atoms with E-state index in [9.17, 15) is 0 Å². The van der Waals surface area contributed by atoms with Crippen molar-refractivity contribution in [2.75, 3.05) is 13.1 Å². The summed E-state index contributed by atoms with van der Waals surface area (Å²) in [5, 5.41) is 3.24. The molecule has 0 radical (unpaired) electrons. The molecule has 0 aromatic rings. The summed E-state index contributed by atoms with van der Waals surface area (Å²) in [6.07, 6.45) is 0. The van der Waals surface area contributed by atoms with E-state index in [0.29, 0.717) is 23.2 Å². The molecule has 0 spiro atoms. The van der Waals surface area contributed by atoms with Gasteiger partial charge in [-0.3, -0.25) is 10.4 Å². The van der Waals surface area contributed by atoms with Crippen LogP contribution in [0.3, 0.4) is 0 Å². The summed E-state index contributed by atoms with van der Waals surface area (Å²) in [4.78, 5) is 4.37. The third-order valence-corrected chi connectivity index (χ3v) is 2.81. The van der Waals surface area contributed by atoms with Crippen LogP contribution in [0.25, 0.3) is 0 Å². The van der Waals surface area contributed by atoms with Gasteiger partial charge in [0.2, 0.25) is 5.96 Å². The Labute approximate surface area is 100 Å². The fourth-order valence-corrected chi connectivity index (χ4v) is 0.982. The lowest BCUT2D eigenvalue weighted by Crippen LogP contribution is -2.44. The first-order valence-electron chi connectivity index (χ1n) is 6.02. The van der Waals surface area contributed by atoms with Crippen LogP contribution >= 0.6 is 0 Å². The van der Waals surface area contributed by atoms with Crippen LogP contribution in [0.2, 0.25) is 0 Å². The molecule has 0 heterocycles. The summed E-state index contributed by atoms with van der Waals surface area (Å²) in [7, 11) is 0. The molecule has 4 N–H and O–H groups in total. The lowest BCUT2D eigenvalue weighted by Gasteiger charge is -2.27. The summed E-state index contributed by atoms with van der Waals surface area (Å²) in [6, 6.07) is 0. The first-order chi connectivity index (χ1) is 7.27. The van der Waals surface area contributed by atoms with Crippen molar-refractivity contribution in [1.82, 2.24) is 10.7 Å². The minimum absolute atomic E-state index is 0.296. The summed E-state index contributed by atoms with van der Waals surface area (Å²) in [5.74, 6) is 7.20. The Morgan fingerprint density at radius 2 is 1.81 bits per heavy atom. The summed E-state index contributed by atoms with van der Waals surface area (Å²) >= 11 is 0. The van der Waals surface area contributed by atoms with Crippen molar-refractivity contribution in [3.63, 3.8) is 0 Å². The maximum atomic E-state index is 5.41. The maximum Gasteiger partial charge on any atom is 0.205 e. The Balaban J connectivity index is 4.10. The zero-order valence-electron chi connectivity index (χ0n) is 11.6. The van der Waals surface area contributed by atoms with E-state index >= 15 is 0 Å². The van der Waals surface area contributed by atoms with Crippen LogP contribution in [-0.2, 0) is 0 Å². The second-order valence-electron chi connectivity index (χ2n) is 5.88. The first-order valence-corrected chi connectivity index (χ1v) is 6.02. The van der Waals surface area contributed by atoms with Gasteiger partial charge >= 0.3 is 0 Å². The predicted molar refractivity (Wildman–Crippen MR) is 71.1 cm³/mol. The number of nitrogens with two attached hydrogens (primary N) is 1. The molecule has 0 saturated carbocycles. The van der Waals surface area contributed by atoms with E-state index in [2.05, 4.69) is 57.3 Å². The van der Waals surface area contributed by atoms with Crippen LogP contribution in [0.4, 0.5) is 0 Å². The van der Waals surface area contributed by atoms with E-state index in [4.69, 9.17) is 5.84 Å². The number of nitrogens with one attached hydrogen (secondary N) is 2. The number of hydrazine groups is 1. The van der Waals surface area contributed by atoms with E-state index in [1.165, 1.54) is 0 Å². The zero-order valence-corrected chi connectivity index (χ0v) is 11.6. The average molecular weight is 228 g/mol. The van der Waals surface area contributed by atoms with E-state index in [1.54, 1.807) is 0 Å². The lowest BCUT2D eigenvalue weighted by atomic mass is 9.82. The van der Waals surface area contributed by atoms with Gasteiger partial charge < -0.3 is 5.32 Å². The largest absolute Gasteiger partial charge is 0.355 e. The summed E-state index contributed by atoms with van der Waals surface area (Å²) < 4.78 is 0. The summed E-state index contributed by atoms with van der Waals surface area (Å²) in [5.41, 5.74) is 2.90. The molecule has 0 aromatic carbocycles. The molecule has 4 heteroatoms. The Bertz CT molecular complexity index is 216. The molecule has 96 valence electrons. The maximum absolute atomic E-state index is 5.41. The molecule has 1 unspecified atom stereocenters. The van der Waals surface area contributed by atoms with Gasteiger partial charge in [0.15, 0.2) is 0 Å². The minimum Gasteiger partial charge on any atom is -0.355 e. The number of nitrogens with zero attached hydrogens (tertiary/aromatic N) is 1. The Hall–Kier alpha value is -0.770. The fraction of sp³-hybridized carbons (Fsp3) is 0.917. The van der Waals surface area contributed by atoms with Gasteiger partial charge in [-0.05, 0) is 17.3 Å². The normalized spacial score (nSPS) is 15.1. The highest BCUT2D eigenvalue weighted by Crippen LogP contribution is 2.24. The molecule has 0 aliphatic rings. The van der Waals surface area contributed by atoms with Crippen LogP contribution in [0.5, 0.6) is 0 Å². The smallest absolute Gasteiger partial charge is 0.205 e. The molecule has 0 saturated heterocycles. The van der Waals surface area contributed by atoms with Crippen molar-refractivity contribution in [1.29, 1.82) is 0 Å². The Kier molecular flexibility index (Phi) is 6.41. The molecular formula is C12H28N4. The lowest BCUT2D eigenvalue weighted by molar-refractivity contribution is 0.261. The number of hydrogen-bond acceptors (Lipinski definition) is 2. The SMILES string of the molecule is CC(C)CN=C(NN)NCC(C)C(C)(C)C. The number of rotatable bonds is 4. The van der Waals surface area contributed by atoms with Crippen molar-refractivity contribution in [2.24, 2.45) is 28.1 Å². The number of aliphatic imine (C=N–C) groups is 1. The van der Waals surface area contributed by atoms with Crippen LogP contribution in [0, 0.1) is 17.3 Å². The number of guanidine groups is 1. The van der Waals surface area contributed by atoms with Gasteiger partial charge in [0.05, 0.1) is 0 Å². The molecule has 1 atom stereocenters. The van der Waals surface area contributed by atoms with Crippen LogP contribution in [-0.4, -0.2) is 19.0 Å². The highest BCUT2D eigenvalue weighted by molar-refractivity contribution is 5.79. The predicted octanol–water partition coefficient (Wildman–Crippen LogP) is 1.73. The second kappa shape index (κ2) is 6.74. The Morgan fingerprint density at radius 1 is 1.25 bits per heavy atom.